The molecule has 7 nitrogen and oxygen atoms in total. The van der Waals surface area contributed by atoms with Crippen LogP contribution >= 0.6 is 11.6 Å². The van der Waals surface area contributed by atoms with E-state index in [-0.39, 0.29) is 27.3 Å². The molecule has 0 aliphatic heterocycles. The molecule has 2 heterocycles. The van der Waals surface area contributed by atoms with E-state index in [0.29, 0.717) is 28.3 Å². The van der Waals surface area contributed by atoms with Crippen LogP contribution in [0.15, 0.2) is 40.2 Å². The Bertz CT molecular complexity index is 1590. The summed E-state index contributed by atoms with van der Waals surface area (Å²) in [5, 5.41) is 3.88. The van der Waals surface area contributed by atoms with Crippen LogP contribution < -0.4 is 10.9 Å². The van der Waals surface area contributed by atoms with Gasteiger partial charge >= 0.3 is 0 Å². The monoisotopic (exact) mass is 568 g/mol. The molecule has 0 radical (unpaired) electrons. The van der Waals surface area contributed by atoms with Crippen LogP contribution in [-0.2, 0) is 9.84 Å². The number of anilines is 2. The van der Waals surface area contributed by atoms with Crippen molar-refractivity contribution in [3.05, 3.63) is 51.4 Å². The zero-order chi connectivity index (χ0) is 27.5. The molecule has 9 heteroatoms. The lowest BCUT2D eigenvalue weighted by molar-refractivity contribution is 0.280. The fourth-order valence-corrected chi connectivity index (χ4v) is 9.12. The molecule has 3 fully saturated rings. The SMILES string of the molecule is Cc1cc(S(=O)(=O)C2CCC(C(C)C)CC2)ccc1Nc1ncc2cc(Cl)c(=O)n(C3CCCC34CC4)c2n1. The minimum atomic E-state index is -3.39. The first-order valence-corrected chi connectivity index (χ1v) is 16.2. The van der Waals surface area contributed by atoms with Crippen LogP contribution in [0.5, 0.6) is 0 Å². The molecule has 1 N–H and O–H groups in total. The molecule has 39 heavy (non-hydrogen) atoms. The quantitative estimate of drug-likeness (QED) is 0.344. The second kappa shape index (κ2) is 9.88. The number of benzene rings is 1. The smallest absolute Gasteiger partial charge is 0.271 e. The Morgan fingerprint density at radius 3 is 2.49 bits per heavy atom. The van der Waals surface area contributed by atoms with Crippen molar-refractivity contribution in [2.45, 2.75) is 94.7 Å². The van der Waals surface area contributed by atoms with Gasteiger partial charge in [0.2, 0.25) is 5.95 Å². The Labute approximate surface area is 235 Å². The molecule has 2 aromatic heterocycles. The highest BCUT2D eigenvalue weighted by atomic mass is 35.5. The standard InChI is InChI=1S/C30H37ClN4O3S/c1-18(2)20-6-8-22(9-7-20)39(37,38)23-10-11-25(19(3)15-23)33-29-32-17-21-16-24(31)28(36)35(27(21)34-29)26-5-4-12-30(26)13-14-30/h10-11,15-18,20,22,26H,4-9,12-14H2,1-3H3,(H,32,33,34). The van der Waals surface area contributed by atoms with Gasteiger partial charge in [0.15, 0.2) is 9.84 Å². The van der Waals surface area contributed by atoms with Gasteiger partial charge in [-0.3, -0.25) is 9.36 Å². The molecule has 1 spiro atoms. The number of hydrogen-bond acceptors (Lipinski definition) is 6. The van der Waals surface area contributed by atoms with E-state index in [2.05, 4.69) is 24.1 Å². The largest absolute Gasteiger partial charge is 0.324 e. The summed E-state index contributed by atoms with van der Waals surface area (Å²) in [6.45, 7) is 6.34. The topological polar surface area (TPSA) is 94.0 Å². The van der Waals surface area contributed by atoms with Crippen LogP contribution in [0.25, 0.3) is 11.0 Å². The van der Waals surface area contributed by atoms with E-state index in [0.717, 1.165) is 74.4 Å². The number of sulfone groups is 1. The van der Waals surface area contributed by atoms with E-state index in [4.69, 9.17) is 16.6 Å². The van der Waals surface area contributed by atoms with Gasteiger partial charge in [-0.2, -0.15) is 4.98 Å². The van der Waals surface area contributed by atoms with Gasteiger partial charge in [0.1, 0.15) is 10.7 Å². The third-order valence-corrected chi connectivity index (χ3v) is 12.2. The maximum atomic E-state index is 13.4. The summed E-state index contributed by atoms with van der Waals surface area (Å²) in [5.74, 6) is 1.58. The van der Waals surface area contributed by atoms with Crippen LogP contribution in [-0.4, -0.2) is 28.2 Å². The number of hydrogen-bond donors (Lipinski definition) is 1. The second-order valence-corrected chi connectivity index (χ2v) is 15.0. The molecule has 6 rings (SSSR count). The fraction of sp³-hybridized carbons (Fsp3) is 0.567. The normalized spacial score (nSPS) is 24.5. The summed E-state index contributed by atoms with van der Waals surface area (Å²) in [6.07, 6.45) is 10.6. The number of halogens is 1. The third-order valence-electron chi connectivity index (χ3n) is 9.67. The molecule has 3 aromatic rings. The van der Waals surface area contributed by atoms with E-state index in [1.807, 2.05) is 6.92 Å². The van der Waals surface area contributed by atoms with E-state index in [1.54, 1.807) is 35.0 Å². The van der Waals surface area contributed by atoms with Crippen molar-refractivity contribution < 1.29 is 8.42 Å². The average Bonchev–Trinajstić information content (AvgIpc) is 3.58. The minimum absolute atomic E-state index is 0.107. The van der Waals surface area contributed by atoms with Gasteiger partial charge in [-0.15, -0.1) is 0 Å². The molecule has 1 atom stereocenters. The molecule has 0 bridgehead atoms. The van der Waals surface area contributed by atoms with Crippen LogP contribution in [0.4, 0.5) is 11.6 Å². The van der Waals surface area contributed by atoms with E-state index >= 15 is 0 Å². The number of nitrogens with one attached hydrogen (secondary N) is 1. The van der Waals surface area contributed by atoms with Crippen LogP contribution in [0.3, 0.4) is 0 Å². The van der Waals surface area contributed by atoms with Crippen LogP contribution in [0, 0.1) is 24.2 Å². The van der Waals surface area contributed by atoms with Crippen molar-refractivity contribution in [3.63, 3.8) is 0 Å². The highest BCUT2D eigenvalue weighted by Gasteiger charge is 2.53. The molecule has 0 amide bonds. The number of nitrogens with zero attached hydrogens (tertiary/aromatic N) is 3. The zero-order valence-electron chi connectivity index (χ0n) is 22.9. The van der Waals surface area contributed by atoms with Crippen molar-refractivity contribution in [2.24, 2.45) is 17.3 Å². The predicted octanol–water partition coefficient (Wildman–Crippen LogP) is 6.99. The summed E-state index contributed by atoms with van der Waals surface area (Å²) >= 11 is 6.35. The number of aromatic nitrogens is 3. The molecular weight excluding hydrogens is 532 g/mol. The number of aryl methyl sites for hydroxylation is 1. The van der Waals surface area contributed by atoms with Gasteiger partial charge in [-0.1, -0.05) is 31.9 Å². The van der Waals surface area contributed by atoms with E-state index in [1.165, 1.54) is 0 Å². The Hall–Kier alpha value is -2.45. The van der Waals surface area contributed by atoms with Gasteiger partial charge in [0.25, 0.3) is 5.56 Å². The lowest BCUT2D eigenvalue weighted by atomic mass is 9.81. The second-order valence-electron chi connectivity index (χ2n) is 12.3. The molecule has 208 valence electrons. The number of pyridine rings is 1. The Kier molecular flexibility index (Phi) is 6.78. The lowest BCUT2D eigenvalue weighted by Crippen LogP contribution is -2.29. The summed E-state index contributed by atoms with van der Waals surface area (Å²) < 4.78 is 28.7. The highest BCUT2D eigenvalue weighted by Crippen LogP contribution is 2.63. The lowest BCUT2D eigenvalue weighted by Gasteiger charge is -2.30. The van der Waals surface area contributed by atoms with Crippen molar-refractivity contribution in [1.29, 1.82) is 0 Å². The van der Waals surface area contributed by atoms with Crippen LogP contribution in [0.2, 0.25) is 5.02 Å². The molecule has 0 saturated heterocycles. The fourth-order valence-electron chi connectivity index (χ4n) is 7.03. The van der Waals surface area contributed by atoms with E-state index in [9.17, 15) is 13.2 Å². The maximum absolute atomic E-state index is 13.4. The summed E-state index contributed by atoms with van der Waals surface area (Å²) in [6, 6.07) is 6.98. The predicted molar refractivity (Wildman–Crippen MR) is 156 cm³/mol. The maximum Gasteiger partial charge on any atom is 0.271 e. The first-order valence-electron chi connectivity index (χ1n) is 14.3. The summed E-state index contributed by atoms with van der Waals surface area (Å²) in [4.78, 5) is 22.9. The van der Waals surface area contributed by atoms with Crippen LogP contribution in [0.1, 0.15) is 83.2 Å². The van der Waals surface area contributed by atoms with Crippen molar-refractivity contribution in [3.8, 4) is 0 Å². The molecule has 1 unspecified atom stereocenters. The number of rotatable bonds is 6. The Morgan fingerprint density at radius 1 is 1.08 bits per heavy atom. The molecule has 3 aliphatic carbocycles. The first-order chi connectivity index (χ1) is 18.6. The van der Waals surface area contributed by atoms with Gasteiger partial charge in [-0.05, 0) is 105 Å². The van der Waals surface area contributed by atoms with Gasteiger partial charge < -0.3 is 5.32 Å². The van der Waals surface area contributed by atoms with Gasteiger partial charge in [0.05, 0.1) is 10.1 Å². The average molecular weight is 569 g/mol. The van der Waals surface area contributed by atoms with Crippen molar-refractivity contribution in [1.82, 2.24) is 14.5 Å². The first kappa shape index (κ1) is 26.8. The van der Waals surface area contributed by atoms with Crippen molar-refractivity contribution in [2.75, 3.05) is 5.32 Å². The molecule has 3 aliphatic rings. The Morgan fingerprint density at radius 2 is 1.82 bits per heavy atom. The van der Waals surface area contributed by atoms with Gasteiger partial charge in [0, 0.05) is 23.3 Å². The highest BCUT2D eigenvalue weighted by molar-refractivity contribution is 7.92. The molecule has 3 saturated carbocycles. The molecule has 1 aromatic carbocycles. The zero-order valence-corrected chi connectivity index (χ0v) is 24.5. The number of fused-ring (bicyclic) bond motifs is 1. The van der Waals surface area contributed by atoms with Gasteiger partial charge in [-0.25, -0.2) is 13.4 Å². The summed E-state index contributed by atoms with van der Waals surface area (Å²) in [7, 11) is -3.39. The Balaban J connectivity index is 1.28. The van der Waals surface area contributed by atoms with Crippen molar-refractivity contribution >= 4 is 44.1 Å². The third kappa shape index (κ3) is 4.77. The summed E-state index contributed by atoms with van der Waals surface area (Å²) in [5.41, 5.74) is 2.14. The molecular formula is C30H37ClN4O3S. The van der Waals surface area contributed by atoms with E-state index < -0.39 is 9.84 Å². The minimum Gasteiger partial charge on any atom is -0.324 e.